The summed E-state index contributed by atoms with van der Waals surface area (Å²) >= 11 is 1.33. The fraction of sp³-hybridized carbons (Fsp3) is 0.0606. The fourth-order valence-electron chi connectivity index (χ4n) is 4.05. The maximum absolute atomic E-state index is 15.1. The Kier molecular flexibility index (Phi) is 8.78. The first-order valence-electron chi connectivity index (χ1n) is 12.4. The number of carbonyl (C=O) groups is 1. The van der Waals surface area contributed by atoms with Crippen molar-refractivity contribution in [2.24, 2.45) is 0 Å². The molecule has 1 N–H and O–H groups in total. The van der Waals surface area contributed by atoms with E-state index < -0.39 is 5.82 Å². The van der Waals surface area contributed by atoms with E-state index in [-0.39, 0.29) is 35.5 Å². The lowest BCUT2D eigenvalue weighted by atomic mass is 10.0. The number of hydrogen-bond donors (Lipinski definition) is 1. The van der Waals surface area contributed by atoms with Crippen molar-refractivity contribution in [2.75, 3.05) is 13.2 Å². The molecule has 0 heterocycles. The number of benzene rings is 5. The Hall–Kier alpha value is -3.84. The van der Waals surface area contributed by atoms with Crippen molar-refractivity contribution >= 4 is 28.4 Å². The molecule has 5 aromatic carbocycles. The lowest BCUT2D eigenvalue weighted by molar-refractivity contribution is 0.103. The summed E-state index contributed by atoms with van der Waals surface area (Å²) in [4.78, 5) is 17.9. The SMILES string of the molecule is O=C(c1ccc(OCCO)cc1)c1ccc(Sc2ccc([S+](c3ccccc3)c3ccccc3)cc2)c(F)c1. The molecule has 3 nitrogen and oxygen atoms in total. The third-order valence-corrected chi connectivity index (χ3v) is 9.21. The van der Waals surface area contributed by atoms with Gasteiger partial charge in [0.15, 0.2) is 20.5 Å². The topological polar surface area (TPSA) is 46.5 Å². The highest BCUT2D eigenvalue weighted by Gasteiger charge is 2.28. The van der Waals surface area contributed by atoms with E-state index in [1.165, 1.54) is 32.5 Å². The third kappa shape index (κ3) is 6.60. The van der Waals surface area contributed by atoms with E-state index in [4.69, 9.17) is 9.84 Å². The molecule has 0 amide bonds. The number of aliphatic hydroxyl groups is 1. The molecule has 5 rings (SSSR count). The molecular weight excluding hydrogens is 527 g/mol. The van der Waals surface area contributed by atoms with Crippen molar-refractivity contribution in [3.05, 3.63) is 144 Å². The van der Waals surface area contributed by atoms with Crippen LogP contribution in [0.25, 0.3) is 0 Å². The Morgan fingerprint density at radius 3 is 1.85 bits per heavy atom. The number of ketones is 1. The van der Waals surface area contributed by atoms with Crippen LogP contribution in [-0.4, -0.2) is 24.1 Å². The summed E-state index contributed by atoms with van der Waals surface area (Å²) in [6, 6.07) is 40.3. The number of carbonyl (C=O) groups excluding carboxylic acids is 1. The van der Waals surface area contributed by atoms with Crippen LogP contribution in [0, 0.1) is 5.82 Å². The molecule has 6 heteroatoms. The second-order valence-corrected chi connectivity index (χ2v) is 11.7. The van der Waals surface area contributed by atoms with Gasteiger partial charge in [-0.15, -0.1) is 0 Å². The molecule has 0 fully saturated rings. The van der Waals surface area contributed by atoms with E-state index >= 15 is 4.39 Å². The molecule has 194 valence electrons. The standard InChI is InChI=1S/C33H26FO3S2/c34-31-23-25(33(36)24-11-14-26(15-12-24)37-22-21-35)13-20-32(31)38-27-16-18-30(19-17-27)39(28-7-3-1-4-8-28)29-9-5-2-6-10-29/h1-20,23,35H,21-22H2/q+1. The fourth-order valence-corrected chi connectivity index (χ4v) is 6.95. The molecule has 0 spiro atoms. The molecule has 0 radical (unpaired) electrons. The molecule has 0 aliphatic carbocycles. The number of aliphatic hydroxyl groups excluding tert-OH is 1. The van der Waals surface area contributed by atoms with Crippen LogP contribution in [0.3, 0.4) is 0 Å². The monoisotopic (exact) mass is 553 g/mol. The van der Waals surface area contributed by atoms with Gasteiger partial charge in [-0.1, -0.05) is 48.2 Å². The van der Waals surface area contributed by atoms with Crippen molar-refractivity contribution in [3.8, 4) is 5.75 Å². The van der Waals surface area contributed by atoms with Gasteiger partial charge in [0.25, 0.3) is 0 Å². The van der Waals surface area contributed by atoms with E-state index in [0.717, 1.165) is 4.90 Å². The third-order valence-electron chi connectivity index (χ3n) is 5.92. The van der Waals surface area contributed by atoms with Crippen LogP contribution >= 0.6 is 11.8 Å². The Bertz CT molecular complexity index is 1480. The quantitative estimate of drug-likeness (QED) is 0.142. The molecular formula is C33H26FO3S2+. The Balaban J connectivity index is 1.31. The largest absolute Gasteiger partial charge is 0.491 e. The van der Waals surface area contributed by atoms with Crippen molar-refractivity contribution in [1.82, 2.24) is 0 Å². The highest BCUT2D eigenvalue weighted by molar-refractivity contribution is 7.99. The molecule has 0 bridgehead atoms. The van der Waals surface area contributed by atoms with E-state index in [1.807, 2.05) is 24.3 Å². The minimum Gasteiger partial charge on any atom is -0.491 e. The lowest BCUT2D eigenvalue weighted by Crippen LogP contribution is -2.04. The van der Waals surface area contributed by atoms with Crippen molar-refractivity contribution in [3.63, 3.8) is 0 Å². The predicted octanol–water partition coefficient (Wildman–Crippen LogP) is 7.67. The van der Waals surface area contributed by atoms with Crippen LogP contribution < -0.4 is 4.74 Å². The number of ether oxygens (including phenoxy) is 1. The average molecular weight is 554 g/mol. The predicted molar refractivity (Wildman–Crippen MR) is 154 cm³/mol. The second kappa shape index (κ2) is 12.8. The molecule has 5 aromatic rings. The van der Waals surface area contributed by atoms with Crippen LogP contribution in [-0.2, 0) is 10.9 Å². The maximum atomic E-state index is 15.1. The Morgan fingerprint density at radius 1 is 0.718 bits per heavy atom. The first-order valence-corrected chi connectivity index (χ1v) is 14.5. The average Bonchev–Trinajstić information content (AvgIpc) is 2.99. The van der Waals surface area contributed by atoms with Crippen LogP contribution in [0.1, 0.15) is 15.9 Å². The van der Waals surface area contributed by atoms with Gasteiger partial charge in [-0.05, 0) is 91.0 Å². The molecule has 0 aromatic heterocycles. The summed E-state index contributed by atoms with van der Waals surface area (Å²) in [6.07, 6.45) is 0. The number of rotatable bonds is 10. The first kappa shape index (κ1) is 26.8. The van der Waals surface area contributed by atoms with Gasteiger partial charge in [-0.3, -0.25) is 4.79 Å². The van der Waals surface area contributed by atoms with E-state index in [9.17, 15) is 4.79 Å². The number of hydrogen-bond acceptors (Lipinski definition) is 4. The van der Waals surface area contributed by atoms with Crippen molar-refractivity contribution in [2.45, 2.75) is 24.5 Å². The van der Waals surface area contributed by atoms with Gasteiger partial charge < -0.3 is 9.84 Å². The normalized spacial score (nSPS) is 10.9. The minimum atomic E-state index is -0.439. The molecule has 0 saturated carbocycles. The van der Waals surface area contributed by atoms with Crippen molar-refractivity contribution < 1.29 is 19.0 Å². The van der Waals surface area contributed by atoms with Crippen LogP contribution in [0.2, 0.25) is 0 Å². The van der Waals surface area contributed by atoms with Gasteiger partial charge in [0.1, 0.15) is 18.2 Å². The van der Waals surface area contributed by atoms with Gasteiger partial charge in [0.2, 0.25) is 0 Å². The van der Waals surface area contributed by atoms with Gasteiger partial charge >= 0.3 is 0 Å². The van der Waals surface area contributed by atoms with Gasteiger partial charge in [0.05, 0.1) is 17.5 Å². The molecule has 0 atom stereocenters. The molecule has 0 aliphatic heterocycles. The van der Waals surface area contributed by atoms with E-state index in [0.29, 0.717) is 16.2 Å². The maximum Gasteiger partial charge on any atom is 0.193 e. The Morgan fingerprint density at radius 2 is 1.28 bits per heavy atom. The van der Waals surface area contributed by atoms with Crippen molar-refractivity contribution in [1.29, 1.82) is 0 Å². The summed E-state index contributed by atoms with van der Waals surface area (Å²) in [5, 5.41) is 8.86. The van der Waals surface area contributed by atoms with Gasteiger partial charge in [0, 0.05) is 20.9 Å². The van der Waals surface area contributed by atoms with Gasteiger partial charge in [-0.25, -0.2) is 4.39 Å². The van der Waals surface area contributed by atoms with Crippen LogP contribution in [0.5, 0.6) is 5.75 Å². The zero-order valence-corrected chi connectivity index (χ0v) is 22.6. The summed E-state index contributed by atoms with van der Waals surface area (Å²) in [7, 11) is -0.244. The zero-order chi connectivity index (χ0) is 27.0. The lowest BCUT2D eigenvalue weighted by Gasteiger charge is -2.09. The second-order valence-electron chi connectivity index (χ2n) is 8.58. The summed E-state index contributed by atoms with van der Waals surface area (Å²) in [5.41, 5.74) is 0.722. The zero-order valence-electron chi connectivity index (χ0n) is 21.0. The summed E-state index contributed by atoms with van der Waals surface area (Å²) < 4.78 is 20.4. The highest BCUT2D eigenvalue weighted by Crippen LogP contribution is 2.35. The highest BCUT2D eigenvalue weighted by atomic mass is 32.2. The molecule has 0 unspecified atom stereocenters. The summed E-state index contributed by atoms with van der Waals surface area (Å²) in [5.74, 6) is -0.146. The van der Waals surface area contributed by atoms with Crippen LogP contribution in [0.4, 0.5) is 4.39 Å². The first-order chi connectivity index (χ1) is 19.1. The minimum absolute atomic E-state index is 0.0866. The molecule has 0 saturated heterocycles. The Labute approximate surface area is 234 Å². The summed E-state index contributed by atoms with van der Waals surface area (Å²) in [6.45, 7) is 0.0953. The van der Waals surface area contributed by atoms with E-state index in [1.54, 1.807) is 36.4 Å². The molecule has 0 aliphatic rings. The number of halogens is 1. The van der Waals surface area contributed by atoms with Crippen LogP contribution in [0.15, 0.2) is 152 Å². The molecule has 39 heavy (non-hydrogen) atoms. The van der Waals surface area contributed by atoms with Gasteiger partial charge in [-0.2, -0.15) is 0 Å². The smallest absolute Gasteiger partial charge is 0.193 e. The van der Waals surface area contributed by atoms with E-state index in [2.05, 4.69) is 60.7 Å².